The SMILES string of the molecule is Cc1cc(F)c(N2CCN(Cc3ccc(Oc4ncccc4C(F)(F)F)cc3)CC2)cc1SCC(F)(F)F. The van der Waals surface area contributed by atoms with Gasteiger partial charge in [-0.1, -0.05) is 12.1 Å². The van der Waals surface area contributed by atoms with Gasteiger partial charge in [-0.15, -0.1) is 11.8 Å². The van der Waals surface area contributed by atoms with Crippen molar-refractivity contribution in [1.29, 1.82) is 0 Å². The van der Waals surface area contributed by atoms with Crippen LogP contribution in [0.1, 0.15) is 16.7 Å². The quantitative estimate of drug-likeness (QED) is 0.224. The lowest BCUT2D eigenvalue weighted by Crippen LogP contribution is -2.46. The van der Waals surface area contributed by atoms with E-state index in [9.17, 15) is 30.7 Å². The lowest BCUT2D eigenvalue weighted by Gasteiger charge is -2.36. The van der Waals surface area contributed by atoms with E-state index in [2.05, 4.69) is 9.88 Å². The Bertz CT molecular complexity index is 1240. The van der Waals surface area contributed by atoms with Crippen molar-refractivity contribution in [3.63, 3.8) is 0 Å². The second-order valence-electron chi connectivity index (χ2n) is 8.84. The fourth-order valence-corrected chi connectivity index (χ4v) is 4.87. The molecule has 4 rings (SSSR count). The maximum Gasteiger partial charge on any atom is 0.421 e. The van der Waals surface area contributed by atoms with Crippen molar-refractivity contribution in [2.75, 3.05) is 36.8 Å². The number of ether oxygens (including phenoxy) is 1. The number of rotatable bonds is 7. The number of hydrogen-bond acceptors (Lipinski definition) is 5. The minimum atomic E-state index is -4.59. The van der Waals surface area contributed by atoms with Crippen molar-refractivity contribution in [3.8, 4) is 11.6 Å². The molecule has 0 unspecified atom stereocenters. The van der Waals surface area contributed by atoms with Gasteiger partial charge in [-0.3, -0.25) is 4.90 Å². The summed E-state index contributed by atoms with van der Waals surface area (Å²) < 4.78 is 97.4. The Kier molecular flexibility index (Phi) is 8.41. The normalized spacial score (nSPS) is 15.1. The van der Waals surface area contributed by atoms with Crippen molar-refractivity contribution >= 4 is 17.4 Å². The molecule has 2 heterocycles. The van der Waals surface area contributed by atoms with Crippen LogP contribution in [-0.2, 0) is 12.7 Å². The van der Waals surface area contributed by atoms with E-state index >= 15 is 0 Å². The fraction of sp³-hybridized carbons (Fsp3) is 0.346. The molecule has 0 N–H and O–H groups in total. The lowest BCUT2D eigenvalue weighted by atomic mass is 10.1. The monoisotopic (exact) mass is 559 g/mol. The summed E-state index contributed by atoms with van der Waals surface area (Å²) in [4.78, 5) is 8.05. The Labute approximate surface area is 219 Å². The molecule has 0 amide bonds. The first-order chi connectivity index (χ1) is 17.9. The molecule has 1 saturated heterocycles. The van der Waals surface area contributed by atoms with Crippen LogP contribution in [0.15, 0.2) is 59.6 Å². The molecular formula is C26H24F7N3OS. The zero-order chi connectivity index (χ0) is 27.5. The van der Waals surface area contributed by atoms with Crippen LogP contribution in [0.3, 0.4) is 0 Å². The van der Waals surface area contributed by atoms with Gasteiger partial charge in [0, 0.05) is 43.8 Å². The highest BCUT2D eigenvalue weighted by atomic mass is 32.2. The predicted molar refractivity (Wildman–Crippen MR) is 131 cm³/mol. The summed E-state index contributed by atoms with van der Waals surface area (Å²) in [6.45, 7) is 4.33. The molecule has 38 heavy (non-hydrogen) atoms. The van der Waals surface area contributed by atoms with Gasteiger partial charge in [0.15, 0.2) is 0 Å². The molecule has 2 aromatic carbocycles. The maximum absolute atomic E-state index is 14.7. The van der Waals surface area contributed by atoms with Gasteiger partial charge in [-0.2, -0.15) is 26.3 Å². The summed E-state index contributed by atoms with van der Waals surface area (Å²) in [7, 11) is 0. The van der Waals surface area contributed by atoms with Gasteiger partial charge in [-0.25, -0.2) is 9.37 Å². The molecule has 204 valence electrons. The van der Waals surface area contributed by atoms with E-state index in [0.29, 0.717) is 54.9 Å². The number of aryl methyl sites for hydroxylation is 1. The second-order valence-corrected chi connectivity index (χ2v) is 9.85. The first kappa shape index (κ1) is 28.0. The van der Waals surface area contributed by atoms with E-state index in [1.54, 1.807) is 31.2 Å². The van der Waals surface area contributed by atoms with Gasteiger partial charge >= 0.3 is 12.4 Å². The van der Waals surface area contributed by atoms with E-state index in [4.69, 9.17) is 4.74 Å². The zero-order valence-electron chi connectivity index (χ0n) is 20.2. The minimum absolute atomic E-state index is 0.219. The number of pyridine rings is 1. The van der Waals surface area contributed by atoms with Crippen LogP contribution in [0.25, 0.3) is 0 Å². The largest absolute Gasteiger partial charge is 0.438 e. The Morgan fingerprint density at radius 1 is 0.947 bits per heavy atom. The van der Waals surface area contributed by atoms with E-state index < -0.39 is 35.4 Å². The second kappa shape index (κ2) is 11.4. The Hall–Kier alpha value is -2.99. The Balaban J connectivity index is 1.34. The summed E-state index contributed by atoms with van der Waals surface area (Å²) in [6.07, 6.45) is -7.67. The third-order valence-electron chi connectivity index (χ3n) is 5.97. The first-order valence-electron chi connectivity index (χ1n) is 11.6. The van der Waals surface area contributed by atoms with Crippen LogP contribution in [-0.4, -0.2) is 48.0 Å². The molecular weight excluding hydrogens is 535 g/mol. The van der Waals surface area contributed by atoms with Crippen LogP contribution >= 0.6 is 11.8 Å². The van der Waals surface area contributed by atoms with Gasteiger partial charge < -0.3 is 9.64 Å². The number of aromatic nitrogens is 1. The molecule has 1 aliphatic rings. The van der Waals surface area contributed by atoms with Crippen LogP contribution in [0, 0.1) is 12.7 Å². The highest BCUT2D eigenvalue weighted by Crippen LogP contribution is 2.37. The number of anilines is 1. The number of alkyl halides is 6. The molecule has 12 heteroatoms. The molecule has 0 aliphatic carbocycles. The van der Waals surface area contributed by atoms with Crippen molar-refractivity contribution in [2.45, 2.75) is 30.7 Å². The van der Waals surface area contributed by atoms with E-state index in [1.165, 1.54) is 24.4 Å². The average molecular weight is 560 g/mol. The molecule has 1 aromatic heterocycles. The Morgan fingerprint density at radius 2 is 1.63 bits per heavy atom. The van der Waals surface area contributed by atoms with Crippen LogP contribution < -0.4 is 9.64 Å². The number of thioether (sulfide) groups is 1. The van der Waals surface area contributed by atoms with Crippen LogP contribution in [0.2, 0.25) is 0 Å². The summed E-state index contributed by atoms with van der Waals surface area (Å²) in [5.74, 6) is -1.81. The third-order valence-corrected chi connectivity index (χ3v) is 7.19. The summed E-state index contributed by atoms with van der Waals surface area (Å²) in [5, 5.41) is 0. The van der Waals surface area contributed by atoms with Crippen molar-refractivity contribution in [3.05, 3.63) is 77.2 Å². The fourth-order valence-electron chi connectivity index (χ4n) is 4.07. The summed E-state index contributed by atoms with van der Waals surface area (Å²) in [6, 6.07) is 11.5. The number of nitrogens with zero attached hydrogens (tertiary/aromatic N) is 3. The third kappa shape index (κ3) is 7.31. The van der Waals surface area contributed by atoms with Crippen LogP contribution in [0.5, 0.6) is 11.6 Å². The number of benzene rings is 2. The van der Waals surface area contributed by atoms with Crippen LogP contribution in [0.4, 0.5) is 36.4 Å². The van der Waals surface area contributed by atoms with Gasteiger partial charge in [0.2, 0.25) is 5.88 Å². The predicted octanol–water partition coefficient (Wildman–Crippen LogP) is 7.32. The summed E-state index contributed by atoms with van der Waals surface area (Å²) >= 11 is 0.648. The summed E-state index contributed by atoms with van der Waals surface area (Å²) in [5.41, 5.74) is 0.701. The van der Waals surface area contributed by atoms with Crippen molar-refractivity contribution < 1.29 is 35.5 Å². The van der Waals surface area contributed by atoms with Gasteiger partial charge in [0.1, 0.15) is 17.1 Å². The van der Waals surface area contributed by atoms with Crippen molar-refractivity contribution in [2.24, 2.45) is 0 Å². The maximum atomic E-state index is 14.7. The lowest BCUT2D eigenvalue weighted by molar-refractivity contribution is -0.138. The Morgan fingerprint density at radius 3 is 2.26 bits per heavy atom. The van der Waals surface area contributed by atoms with Gasteiger partial charge in [0.05, 0.1) is 11.4 Å². The molecule has 0 atom stereocenters. The highest BCUT2D eigenvalue weighted by Gasteiger charge is 2.35. The molecule has 0 bridgehead atoms. The van der Waals surface area contributed by atoms with Gasteiger partial charge in [-0.05, 0) is 54.4 Å². The van der Waals surface area contributed by atoms with E-state index in [-0.39, 0.29) is 11.4 Å². The van der Waals surface area contributed by atoms with E-state index in [0.717, 1.165) is 11.6 Å². The topological polar surface area (TPSA) is 28.6 Å². The molecule has 1 aliphatic heterocycles. The smallest absolute Gasteiger partial charge is 0.421 e. The standard InChI is InChI=1S/C26H24F7N3OS/c1-17-13-21(27)22(14-23(17)38-16-25(28,29)30)36-11-9-35(10-12-36)15-18-4-6-19(7-5-18)37-24-20(26(31,32)33)3-2-8-34-24/h2-8,13-14H,9-12,15-16H2,1H3. The molecule has 0 spiro atoms. The van der Waals surface area contributed by atoms with Gasteiger partial charge in [0.25, 0.3) is 0 Å². The first-order valence-corrected chi connectivity index (χ1v) is 12.6. The zero-order valence-corrected chi connectivity index (χ0v) is 21.1. The van der Waals surface area contributed by atoms with E-state index in [1.807, 2.05) is 4.90 Å². The number of piperazine rings is 1. The number of hydrogen-bond donors (Lipinski definition) is 0. The van der Waals surface area contributed by atoms with Crippen molar-refractivity contribution in [1.82, 2.24) is 9.88 Å². The molecule has 4 nitrogen and oxygen atoms in total. The highest BCUT2D eigenvalue weighted by molar-refractivity contribution is 7.99. The molecule has 0 radical (unpaired) electrons. The number of halogens is 7. The molecule has 1 fully saturated rings. The minimum Gasteiger partial charge on any atom is -0.438 e. The average Bonchev–Trinajstić information content (AvgIpc) is 2.84. The molecule has 0 saturated carbocycles. The molecule has 3 aromatic rings.